The van der Waals surface area contributed by atoms with Gasteiger partial charge < -0.3 is 10.0 Å². The van der Waals surface area contributed by atoms with Gasteiger partial charge >= 0.3 is 12.1 Å². The molecule has 1 aromatic rings. The number of carbonyl (C=O) groups is 1. The fourth-order valence-corrected chi connectivity index (χ4v) is 1.45. The van der Waals surface area contributed by atoms with Crippen LogP contribution in [0.3, 0.4) is 0 Å². The minimum atomic E-state index is -4.40. The predicted molar refractivity (Wildman–Crippen MR) is 57.4 cm³/mol. The molecule has 0 unspecified atom stereocenters. The lowest BCUT2D eigenvalue weighted by atomic mass is 10.1. The Labute approximate surface area is 101 Å². The maximum absolute atomic E-state index is 12.2. The summed E-state index contributed by atoms with van der Waals surface area (Å²) < 4.78 is 36.6. The summed E-state index contributed by atoms with van der Waals surface area (Å²) in [5.74, 6) is -1.24. The Kier molecular flexibility index (Phi) is 3.81. The normalized spacial score (nSPS) is 10.8. The summed E-state index contributed by atoms with van der Waals surface area (Å²) in [5.41, 5.74) is -0.211. The predicted octanol–water partition coefficient (Wildman–Crippen LogP) is 2.25. The summed E-state index contributed by atoms with van der Waals surface area (Å²) in [6.45, 7) is -1.21. The van der Waals surface area contributed by atoms with E-state index in [9.17, 15) is 18.0 Å². The van der Waals surface area contributed by atoms with Crippen LogP contribution >= 0.6 is 0 Å². The number of aromatic carboxylic acids is 1. The highest BCUT2D eigenvalue weighted by Gasteiger charge is 2.30. The second-order valence-electron chi connectivity index (χ2n) is 3.62. The average molecular weight is 258 g/mol. The van der Waals surface area contributed by atoms with Gasteiger partial charge in [0.2, 0.25) is 0 Å². The SMILES string of the molecule is CN(CC(F)(F)F)c1ccc(C(=O)O)cc1C#N. The first-order chi connectivity index (χ1) is 8.24. The van der Waals surface area contributed by atoms with Crippen molar-refractivity contribution in [3.05, 3.63) is 29.3 Å². The number of rotatable bonds is 3. The zero-order chi connectivity index (χ0) is 13.9. The molecular weight excluding hydrogens is 249 g/mol. The van der Waals surface area contributed by atoms with Crippen LogP contribution in [0.4, 0.5) is 18.9 Å². The zero-order valence-corrected chi connectivity index (χ0v) is 9.32. The fourth-order valence-electron chi connectivity index (χ4n) is 1.45. The topological polar surface area (TPSA) is 64.3 Å². The number of benzene rings is 1. The first kappa shape index (κ1) is 13.8. The molecule has 0 aliphatic heterocycles. The van der Waals surface area contributed by atoms with Gasteiger partial charge in [-0.1, -0.05) is 0 Å². The van der Waals surface area contributed by atoms with E-state index in [4.69, 9.17) is 10.4 Å². The van der Waals surface area contributed by atoms with Gasteiger partial charge in [-0.15, -0.1) is 0 Å². The van der Waals surface area contributed by atoms with E-state index in [0.717, 1.165) is 17.0 Å². The molecule has 0 atom stereocenters. The smallest absolute Gasteiger partial charge is 0.405 e. The lowest BCUT2D eigenvalue weighted by Crippen LogP contribution is -2.31. The van der Waals surface area contributed by atoms with Crippen molar-refractivity contribution in [2.24, 2.45) is 0 Å². The van der Waals surface area contributed by atoms with E-state index >= 15 is 0 Å². The number of anilines is 1. The average Bonchev–Trinajstić information content (AvgIpc) is 2.25. The van der Waals surface area contributed by atoms with E-state index in [1.54, 1.807) is 6.07 Å². The summed E-state index contributed by atoms with van der Waals surface area (Å²) in [4.78, 5) is 11.5. The first-order valence-corrected chi connectivity index (χ1v) is 4.80. The summed E-state index contributed by atoms with van der Waals surface area (Å²) in [6.07, 6.45) is -4.40. The van der Waals surface area contributed by atoms with Crippen LogP contribution in [0.5, 0.6) is 0 Å². The molecule has 0 fully saturated rings. The van der Waals surface area contributed by atoms with Crippen molar-refractivity contribution in [2.75, 3.05) is 18.5 Å². The highest BCUT2D eigenvalue weighted by atomic mass is 19.4. The van der Waals surface area contributed by atoms with Crippen LogP contribution < -0.4 is 4.90 Å². The molecule has 1 N–H and O–H groups in total. The van der Waals surface area contributed by atoms with Crippen LogP contribution in [0.25, 0.3) is 0 Å². The Morgan fingerprint density at radius 2 is 2.11 bits per heavy atom. The maximum Gasteiger partial charge on any atom is 0.405 e. The van der Waals surface area contributed by atoms with Crippen LogP contribution in [0.1, 0.15) is 15.9 Å². The van der Waals surface area contributed by atoms with Crippen molar-refractivity contribution in [3.63, 3.8) is 0 Å². The van der Waals surface area contributed by atoms with Crippen molar-refractivity contribution < 1.29 is 23.1 Å². The summed E-state index contributed by atoms with van der Waals surface area (Å²) in [5, 5.41) is 17.5. The molecule has 0 aliphatic rings. The molecule has 4 nitrogen and oxygen atoms in total. The molecule has 0 aromatic heterocycles. The standard InChI is InChI=1S/C11H9F3N2O2/c1-16(6-11(12,13)14)9-3-2-7(10(17)18)4-8(9)5-15/h2-4H,6H2,1H3,(H,17,18). The van der Waals surface area contributed by atoms with E-state index in [-0.39, 0.29) is 16.8 Å². The number of hydrogen-bond donors (Lipinski definition) is 1. The zero-order valence-electron chi connectivity index (χ0n) is 9.32. The maximum atomic E-state index is 12.2. The molecule has 0 radical (unpaired) electrons. The molecule has 96 valence electrons. The molecule has 0 heterocycles. The van der Waals surface area contributed by atoms with Crippen molar-refractivity contribution in [1.29, 1.82) is 5.26 Å². The number of carboxylic acid groups (broad SMARTS) is 1. The quantitative estimate of drug-likeness (QED) is 0.903. The van der Waals surface area contributed by atoms with Gasteiger partial charge in [0.25, 0.3) is 0 Å². The van der Waals surface area contributed by atoms with Crippen LogP contribution in [0, 0.1) is 11.3 Å². The van der Waals surface area contributed by atoms with Crippen molar-refractivity contribution in [2.45, 2.75) is 6.18 Å². The minimum Gasteiger partial charge on any atom is -0.478 e. The van der Waals surface area contributed by atoms with E-state index in [2.05, 4.69) is 0 Å². The van der Waals surface area contributed by atoms with Crippen LogP contribution in [-0.2, 0) is 0 Å². The lowest BCUT2D eigenvalue weighted by molar-refractivity contribution is -0.119. The molecule has 1 aromatic carbocycles. The Morgan fingerprint density at radius 1 is 1.50 bits per heavy atom. The van der Waals surface area contributed by atoms with Gasteiger partial charge in [-0.25, -0.2) is 4.79 Å². The molecule has 0 saturated heterocycles. The molecule has 7 heteroatoms. The van der Waals surface area contributed by atoms with Crippen LogP contribution in [0.2, 0.25) is 0 Å². The second kappa shape index (κ2) is 4.96. The monoisotopic (exact) mass is 258 g/mol. The number of nitriles is 1. The molecular formula is C11H9F3N2O2. The van der Waals surface area contributed by atoms with Crippen molar-refractivity contribution >= 4 is 11.7 Å². The first-order valence-electron chi connectivity index (χ1n) is 4.80. The molecule has 0 spiro atoms. The molecule has 0 amide bonds. The van der Waals surface area contributed by atoms with E-state index in [0.29, 0.717) is 0 Å². The number of alkyl halides is 3. The third kappa shape index (κ3) is 3.38. The highest BCUT2D eigenvalue weighted by molar-refractivity contribution is 5.89. The van der Waals surface area contributed by atoms with Gasteiger partial charge in [0.05, 0.1) is 16.8 Å². The molecule has 0 aliphatic carbocycles. The van der Waals surface area contributed by atoms with Gasteiger partial charge in [0, 0.05) is 7.05 Å². The highest BCUT2D eigenvalue weighted by Crippen LogP contribution is 2.24. The largest absolute Gasteiger partial charge is 0.478 e. The lowest BCUT2D eigenvalue weighted by Gasteiger charge is -2.22. The van der Waals surface area contributed by atoms with E-state index in [1.807, 2.05) is 0 Å². The fraction of sp³-hybridized carbons (Fsp3) is 0.273. The number of halogens is 3. The minimum absolute atomic E-state index is 0.0415. The third-order valence-electron chi connectivity index (χ3n) is 2.19. The number of hydrogen-bond acceptors (Lipinski definition) is 3. The van der Waals surface area contributed by atoms with Gasteiger partial charge in [-0.3, -0.25) is 0 Å². The Balaban J connectivity index is 3.11. The molecule has 0 bridgehead atoms. The van der Waals surface area contributed by atoms with Crippen molar-refractivity contribution in [1.82, 2.24) is 0 Å². The van der Waals surface area contributed by atoms with E-state index in [1.165, 1.54) is 13.1 Å². The Hall–Kier alpha value is -2.23. The van der Waals surface area contributed by atoms with Gasteiger partial charge in [0.1, 0.15) is 12.6 Å². The third-order valence-corrected chi connectivity index (χ3v) is 2.19. The van der Waals surface area contributed by atoms with Crippen LogP contribution in [0.15, 0.2) is 18.2 Å². The summed E-state index contributed by atoms with van der Waals surface area (Å²) >= 11 is 0. The Morgan fingerprint density at radius 3 is 2.56 bits per heavy atom. The number of carboxylic acids is 1. The van der Waals surface area contributed by atoms with Crippen LogP contribution in [-0.4, -0.2) is 30.8 Å². The summed E-state index contributed by atoms with van der Waals surface area (Å²) in [6, 6.07) is 5.08. The van der Waals surface area contributed by atoms with E-state index < -0.39 is 18.7 Å². The Bertz CT molecular complexity index is 506. The molecule has 1 rings (SSSR count). The summed E-state index contributed by atoms with van der Waals surface area (Å²) in [7, 11) is 1.18. The molecule has 18 heavy (non-hydrogen) atoms. The van der Waals surface area contributed by atoms with Crippen molar-refractivity contribution in [3.8, 4) is 6.07 Å². The van der Waals surface area contributed by atoms with Gasteiger partial charge in [-0.2, -0.15) is 18.4 Å². The second-order valence-corrected chi connectivity index (χ2v) is 3.62. The van der Waals surface area contributed by atoms with Gasteiger partial charge in [0.15, 0.2) is 0 Å². The van der Waals surface area contributed by atoms with Gasteiger partial charge in [-0.05, 0) is 18.2 Å². The molecule has 0 saturated carbocycles. The number of nitrogens with zero attached hydrogens (tertiary/aromatic N) is 2.